The van der Waals surface area contributed by atoms with Gasteiger partial charge in [0.15, 0.2) is 0 Å². The van der Waals surface area contributed by atoms with Gasteiger partial charge in [0.1, 0.15) is 4.90 Å². The number of aromatic nitrogens is 2. The number of sulfonamides is 1. The molecule has 2 aromatic rings. The van der Waals surface area contributed by atoms with E-state index in [4.69, 9.17) is 0 Å². The first kappa shape index (κ1) is 13.6. The molecule has 1 aromatic carbocycles. The van der Waals surface area contributed by atoms with Crippen LogP contribution in [-0.2, 0) is 16.6 Å². The topological polar surface area (TPSA) is 64.0 Å². The van der Waals surface area contributed by atoms with Gasteiger partial charge in [0.25, 0.3) is 10.0 Å². The largest absolute Gasteiger partial charge is 0.280 e. The van der Waals surface area contributed by atoms with E-state index < -0.39 is 10.0 Å². The predicted molar refractivity (Wildman–Crippen MR) is 74.6 cm³/mol. The molecule has 19 heavy (non-hydrogen) atoms. The summed E-state index contributed by atoms with van der Waals surface area (Å²) in [5.74, 6) is 0. The van der Waals surface area contributed by atoms with E-state index in [1.807, 2.05) is 32.9 Å². The van der Waals surface area contributed by atoms with Crippen LogP contribution in [0.2, 0.25) is 0 Å². The second-order valence-electron chi connectivity index (χ2n) is 4.44. The highest BCUT2D eigenvalue weighted by Gasteiger charge is 2.16. The van der Waals surface area contributed by atoms with Crippen molar-refractivity contribution in [1.29, 1.82) is 0 Å². The standard InChI is InChI=1S/C13H17N3O2S/c1-4-16-9-13(8-14-16)19(17,18)15-12-6-5-10(2)11(3)7-12/h5-9,15H,4H2,1-3H3. The van der Waals surface area contributed by atoms with Gasteiger partial charge in [-0.25, -0.2) is 8.42 Å². The zero-order chi connectivity index (χ0) is 14.0. The highest BCUT2D eigenvalue weighted by molar-refractivity contribution is 7.92. The van der Waals surface area contributed by atoms with Gasteiger partial charge in [-0.3, -0.25) is 9.40 Å². The van der Waals surface area contributed by atoms with Gasteiger partial charge in [0, 0.05) is 18.4 Å². The third-order valence-corrected chi connectivity index (χ3v) is 4.34. The van der Waals surface area contributed by atoms with Crippen LogP contribution in [0.25, 0.3) is 0 Å². The lowest BCUT2D eigenvalue weighted by Gasteiger charge is -2.08. The highest BCUT2D eigenvalue weighted by atomic mass is 32.2. The summed E-state index contributed by atoms with van der Waals surface area (Å²) in [6.07, 6.45) is 2.87. The molecule has 0 aliphatic heterocycles. The molecular formula is C13H17N3O2S. The van der Waals surface area contributed by atoms with Gasteiger partial charge in [-0.2, -0.15) is 5.10 Å². The molecule has 0 amide bonds. The van der Waals surface area contributed by atoms with Gasteiger partial charge in [0.2, 0.25) is 0 Å². The molecule has 1 heterocycles. The van der Waals surface area contributed by atoms with Gasteiger partial charge in [-0.1, -0.05) is 6.07 Å². The van der Waals surface area contributed by atoms with Crippen molar-refractivity contribution in [2.45, 2.75) is 32.2 Å². The fourth-order valence-corrected chi connectivity index (χ4v) is 2.68. The number of aryl methyl sites for hydroxylation is 3. The molecule has 0 unspecified atom stereocenters. The quantitative estimate of drug-likeness (QED) is 0.934. The molecule has 0 aliphatic carbocycles. The van der Waals surface area contributed by atoms with Crippen molar-refractivity contribution in [2.75, 3.05) is 4.72 Å². The third-order valence-electron chi connectivity index (χ3n) is 3.00. The van der Waals surface area contributed by atoms with E-state index in [1.54, 1.807) is 10.7 Å². The summed E-state index contributed by atoms with van der Waals surface area (Å²) in [6.45, 7) is 6.47. The fourth-order valence-electron chi connectivity index (χ4n) is 1.68. The van der Waals surface area contributed by atoms with Gasteiger partial charge >= 0.3 is 0 Å². The molecule has 0 bridgehead atoms. The number of nitrogens with one attached hydrogen (secondary N) is 1. The van der Waals surface area contributed by atoms with Crippen LogP contribution in [0.5, 0.6) is 0 Å². The van der Waals surface area contributed by atoms with Crippen molar-refractivity contribution in [1.82, 2.24) is 9.78 Å². The Morgan fingerprint density at radius 3 is 2.58 bits per heavy atom. The van der Waals surface area contributed by atoms with Crippen molar-refractivity contribution in [3.05, 3.63) is 41.7 Å². The van der Waals surface area contributed by atoms with E-state index in [0.717, 1.165) is 11.1 Å². The molecule has 0 atom stereocenters. The first-order chi connectivity index (χ1) is 8.92. The second-order valence-corrected chi connectivity index (χ2v) is 6.12. The Balaban J connectivity index is 2.28. The number of anilines is 1. The molecule has 0 fully saturated rings. The molecule has 0 spiro atoms. The van der Waals surface area contributed by atoms with E-state index in [9.17, 15) is 8.42 Å². The van der Waals surface area contributed by atoms with Crippen LogP contribution in [0.3, 0.4) is 0 Å². The average molecular weight is 279 g/mol. The van der Waals surface area contributed by atoms with Crippen LogP contribution in [0.15, 0.2) is 35.5 Å². The Hall–Kier alpha value is -1.82. The minimum absolute atomic E-state index is 0.174. The molecule has 0 aliphatic rings. The lowest BCUT2D eigenvalue weighted by Crippen LogP contribution is -2.12. The van der Waals surface area contributed by atoms with Crippen molar-refractivity contribution < 1.29 is 8.42 Å². The third kappa shape index (κ3) is 2.96. The maximum atomic E-state index is 12.2. The average Bonchev–Trinajstić information content (AvgIpc) is 2.83. The molecule has 2 rings (SSSR count). The molecule has 0 saturated heterocycles. The number of benzene rings is 1. The molecule has 1 aromatic heterocycles. The Labute approximate surface area is 113 Å². The summed E-state index contributed by atoms with van der Waals surface area (Å²) in [7, 11) is -3.57. The summed E-state index contributed by atoms with van der Waals surface area (Å²) in [5, 5.41) is 3.97. The number of hydrogen-bond donors (Lipinski definition) is 1. The van der Waals surface area contributed by atoms with Crippen molar-refractivity contribution >= 4 is 15.7 Å². The molecular weight excluding hydrogens is 262 g/mol. The second kappa shape index (κ2) is 5.05. The van der Waals surface area contributed by atoms with E-state index in [1.165, 1.54) is 12.4 Å². The maximum Gasteiger partial charge on any atom is 0.265 e. The van der Waals surface area contributed by atoms with Gasteiger partial charge < -0.3 is 0 Å². The zero-order valence-corrected chi connectivity index (χ0v) is 12.0. The van der Waals surface area contributed by atoms with Crippen LogP contribution in [0, 0.1) is 13.8 Å². The Kier molecular flexibility index (Phi) is 3.61. The normalized spacial score (nSPS) is 11.5. The molecule has 102 valence electrons. The monoisotopic (exact) mass is 279 g/mol. The van der Waals surface area contributed by atoms with Crippen molar-refractivity contribution in [3.8, 4) is 0 Å². The lowest BCUT2D eigenvalue weighted by atomic mass is 10.1. The fraction of sp³-hybridized carbons (Fsp3) is 0.308. The first-order valence-electron chi connectivity index (χ1n) is 6.05. The molecule has 0 saturated carbocycles. The maximum absolute atomic E-state index is 12.2. The summed E-state index contributed by atoms with van der Waals surface area (Å²) < 4.78 is 28.5. The van der Waals surface area contributed by atoms with Crippen LogP contribution >= 0.6 is 0 Å². The lowest BCUT2D eigenvalue weighted by molar-refractivity contribution is 0.600. The minimum atomic E-state index is -3.57. The van der Waals surface area contributed by atoms with Crippen LogP contribution < -0.4 is 4.72 Å². The first-order valence-corrected chi connectivity index (χ1v) is 7.53. The van der Waals surface area contributed by atoms with Crippen LogP contribution in [-0.4, -0.2) is 18.2 Å². The summed E-state index contributed by atoms with van der Waals surface area (Å²) in [6, 6.07) is 5.46. The zero-order valence-electron chi connectivity index (χ0n) is 11.2. The van der Waals surface area contributed by atoms with E-state index in [-0.39, 0.29) is 4.90 Å². The number of nitrogens with zero attached hydrogens (tertiary/aromatic N) is 2. The molecule has 6 heteroatoms. The number of rotatable bonds is 4. The Bertz CT molecular complexity index is 690. The van der Waals surface area contributed by atoms with Gasteiger partial charge in [-0.15, -0.1) is 0 Å². The van der Waals surface area contributed by atoms with Crippen molar-refractivity contribution in [2.24, 2.45) is 0 Å². The Morgan fingerprint density at radius 2 is 2.00 bits per heavy atom. The molecule has 0 radical (unpaired) electrons. The molecule has 5 nitrogen and oxygen atoms in total. The minimum Gasteiger partial charge on any atom is -0.280 e. The summed E-state index contributed by atoms with van der Waals surface area (Å²) in [4.78, 5) is 0.174. The smallest absolute Gasteiger partial charge is 0.265 e. The highest BCUT2D eigenvalue weighted by Crippen LogP contribution is 2.18. The summed E-state index contributed by atoms with van der Waals surface area (Å²) in [5.41, 5.74) is 2.73. The van der Waals surface area contributed by atoms with Gasteiger partial charge in [0.05, 0.1) is 6.20 Å². The van der Waals surface area contributed by atoms with E-state index in [2.05, 4.69) is 9.82 Å². The van der Waals surface area contributed by atoms with Gasteiger partial charge in [-0.05, 0) is 44.0 Å². The predicted octanol–water partition coefficient (Wildman–Crippen LogP) is 2.32. The number of hydrogen-bond acceptors (Lipinski definition) is 3. The summed E-state index contributed by atoms with van der Waals surface area (Å²) >= 11 is 0. The van der Waals surface area contributed by atoms with E-state index in [0.29, 0.717) is 12.2 Å². The van der Waals surface area contributed by atoms with E-state index >= 15 is 0 Å². The molecule has 1 N–H and O–H groups in total. The van der Waals surface area contributed by atoms with Crippen LogP contribution in [0.1, 0.15) is 18.1 Å². The van der Waals surface area contributed by atoms with Crippen molar-refractivity contribution in [3.63, 3.8) is 0 Å². The Morgan fingerprint density at radius 1 is 1.26 bits per heavy atom. The SMILES string of the molecule is CCn1cc(S(=O)(=O)Nc2ccc(C)c(C)c2)cn1. The van der Waals surface area contributed by atoms with Crippen LogP contribution in [0.4, 0.5) is 5.69 Å².